The van der Waals surface area contributed by atoms with Gasteiger partial charge < -0.3 is 29.3 Å². The maximum absolute atomic E-state index is 13.4. The number of Topliss-reactive ketones (excluding diaryl/α,β-unsaturated/α-hetero) is 2. The molecule has 4 nitrogen and oxygen atoms in total. The third kappa shape index (κ3) is 3.91. The molecule has 1 heterocycles. The highest BCUT2D eigenvalue weighted by molar-refractivity contribution is 6.36. The second-order valence-electron chi connectivity index (χ2n) is 7.26. The molecule has 0 aliphatic heterocycles. The van der Waals surface area contributed by atoms with E-state index < -0.39 is 0 Å². The van der Waals surface area contributed by atoms with E-state index in [-0.39, 0.29) is 41.2 Å². The molecule has 6 heteroatoms. The summed E-state index contributed by atoms with van der Waals surface area (Å²) in [6, 6.07) is 14.4. The predicted octanol–water partition coefficient (Wildman–Crippen LogP) is 1.92. The number of nitrogens with one attached hydrogen (secondary N) is 1. The van der Waals surface area contributed by atoms with Crippen molar-refractivity contribution in [2.75, 3.05) is 5.32 Å². The van der Waals surface area contributed by atoms with E-state index in [1.807, 2.05) is 51.4 Å². The number of allylic oxidation sites excluding steroid dienone is 2. The van der Waals surface area contributed by atoms with Crippen molar-refractivity contribution in [2.45, 2.75) is 20.8 Å². The minimum atomic E-state index is -0.221. The molecule has 1 aromatic heterocycles. The molecule has 30 heavy (non-hydrogen) atoms. The fraction of sp³-hybridized carbons (Fsp3) is 0.125. The fourth-order valence-electron chi connectivity index (χ4n) is 3.64. The lowest BCUT2D eigenvalue weighted by atomic mass is 9.89. The van der Waals surface area contributed by atoms with Crippen LogP contribution >= 0.6 is 11.6 Å². The molecule has 1 aliphatic carbocycles. The number of aryl methyl sites for hydroxylation is 2. The molecule has 0 radical (unpaired) electrons. The number of nitrogens with zero attached hydrogens (tertiary/aromatic N) is 1. The Morgan fingerprint density at radius 1 is 0.833 bits per heavy atom. The van der Waals surface area contributed by atoms with Crippen LogP contribution in [0.4, 0.5) is 5.69 Å². The zero-order chi connectivity index (χ0) is 20.7. The number of hydrogen-bond donors (Lipinski definition) is 1. The summed E-state index contributed by atoms with van der Waals surface area (Å²) < 4.78 is 1.74. The number of carbonyl (C=O) groups is 2. The van der Waals surface area contributed by atoms with E-state index in [4.69, 9.17) is 11.6 Å². The third-order valence-electron chi connectivity index (χ3n) is 5.02. The zero-order valence-corrected chi connectivity index (χ0v) is 19.7. The molecule has 1 N–H and O–H groups in total. The number of pyridine rings is 1. The lowest BCUT2D eigenvalue weighted by Crippen LogP contribution is -3.00. The third-order valence-corrected chi connectivity index (χ3v) is 5.43. The van der Waals surface area contributed by atoms with Crippen LogP contribution in [0.15, 0.2) is 66.6 Å². The molecule has 4 rings (SSSR count). The summed E-state index contributed by atoms with van der Waals surface area (Å²) in [5.74, 6) is -0.418. The van der Waals surface area contributed by atoms with Gasteiger partial charge in [0.2, 0.25) is 5.78 Å². The van der Waals surface area contributed by atoms with Crippen LogP contribution in [0.1, 0.15) is 37.4 Å². The summed E-state index contributed by atoms with van der Waals surface area (Å²) in [6.07, 6.45) is 3.71. The summed E-state index contributed by atoms with van der Waals surface area (Å²) in [5.41, 5.74) is 4.85. The Bertz CT molecular complexity index is 1200. The first-order valence-corrected chi connectivity index (χ1v) is 9.69. The van der Waals surface area contributed by atoms with Gasteiger partial charge >= 0.3 is 0 Å². The van der Waals surface area contributed by atoms with Crippen LogP contribution < -0.4 is 33.9 Å². The van der Waals surface area contributed by atoms with Crippen molar-refractivity contribution < 1.29 is 38.1 Å². The lowest BCUT2D eigenvalue weighted by molar-refractivity contribution is -0.578. The Labute approximate surface area is 197 Å². The number of benzene rings is 2. The zero-order valence-electron chi connectivity index (χ0n) is 16.8. The summed E-state index contributed by atoms with van der Waals surface area (Å²) in [6.45, 7) is 5.79. The average molecular weight is 531 g/mol. The molecule has 3 aromatic rings. The van der Waals surface area contributed by atoms with Gasteiger partial charge in [0.25, 0.3) is 11.5 Å². The second-order valence-corrected chi connectivity index (χ2v) is 7.67. The first-order valence-electron chi connectivity index (χ1n) is 9.31. The maximum Gasteiger partial charge on any atom is 0.286 e. The van der Waals surface area contributed by atoms with Crippen molar-refractivity contribution in [2.24, 2.45) is 0 Å². The largest absolute Gasteiger partial charge is 1.00 e. The minimum Gasteiger partial charge on any atom is -1.00 e. The molecule has 0 unspecified atom stereocenters. The fourth-order valence-corrected chi connectivity index (χ4v) is 3.82. The Kier molecular flexibility index (Phi) is 6.43. The highest BCUT2D eigenvalue weighted by atomic mass is 127. The number of halogens is 2. The number of aromatic nitrogens is 1. The van der Waals surface area contributed by atoms with Gasteiger partial charge in [-0.25, -0.2) is 0 Å². The molecule has 0 amide bonds. The van der Waals surface area contributed by atoms with E-state index >= 15 is 0 Å². The van der Waals surface area contributed by atoms with Crippen molar-refractivity contribution in [3.05, 3.63) is 99.5 Å². The molecule has 0 fully saturated rings. The van der Waals surface area contributed by atoms with Crippen molar-refractivity contribution in [1.82, 2.24) is 0 Å². The number of hydrogen-bond acceptors (Lipinski definition) is 3. The number of ketones is 2. The predicted molar refractivity (Wildman–Crippen MR) is 114 cm³/mol. The number of anilines is 1. The Hall–Kier alpha value is -2.51. The molecule has 1 aliphatic rings. The highest BCUT2D eigenvalue weighted by Gasteiger charge is 2.39. The van der Waals surface area contributed by atoms with Crippen LogP contribution in [-0.4, -0.2) is 11.6 Å². The van der Waals surface area contributed by atoms with Crippen LogP contribution in [0.25, 0.3) is 5.70 Å². The molecular weight excluding hydrogens is 511 g/mol. The van der Waals surface area contributed by atoms with E-state index in [1.54, 1.807) is 34.9 Å². The number of rotatable bonds is 3. The van der Waals surface area contributed by atoms with Crippen LogP contribution in [0.3, 0.4) is 0 Å². The van der Waals surface area contributed by atoms with Gasteiger partial charge in [-0.1, -0.05) is 41.9 Å². The molecule has 2 aromatic carbocycles. The maximum atomic E-state index is 13.4. The summed E-state index contributed by atoms with van der Waals surface area (Å²) in [4.78, 5) is 26.8. The first-order chi connectivity index (χ1) is 13.9. The van der Waals surface area contributed by atoms with E-state index in [1.165, 1.54) is 0 Å². The van der Waals surface area contributed by atoms with Crippen LogP contribution in [0.2, 0.25) is 5.02 Å². The molecular formula is C24H20ClIN2O2. The first kappa shape index (κ1) is 22.2. The van der Waals surface area contributed by atoms with Crippen molar-refractivity contribution in [1.29, 1.82) is 0 Å². The highest BCUT2D eigenvalue weighted by Crippen LogP contribution is 2.30. The van der Waals surface area contributed by atoms with Crippen molar-refractivity contribution in [3.8, 4) is 0 Å². The van der Waals surface area contributed by atoms with E-state index in [9.17, 15) is 9.59 Å². The van der Waals surface area contributed by atoms with Crippen molar-refractivity contribution >= 4 is 34.6 Å². The van der Waals surface area contributed by atoms with Gasteiger partial charge in [0.15, 0.2) is 18.1 Å². The number of carbonyl (C=O) groups excluding carboxylic acids is 2. The van der Waals surface area contributed by atoms with Gasteiger partial charge in [0, 0.05) is 33.0 Å². The second kappa shape index (κ2) is 8.70. The van der Waals surface area contributed by atoms with E-state index in [2.05, 4.69) is 5.32 Å². The minimum absolute atomic E-state index is 0. The lowest BCUT2D eigenvalue weighted by Gasteiger charge is -2.19. The van der Waals surface area contributed by atoms with Gasteiger partial charge in [0.1, 0.15) is 0 Å². The SMILES string of the molecule is Cc1cc(C)c[n+](C2=C(Nc3cccc(Cl)c3C)C(=O)c3ccccc3C2=O)c1.[I-]. The average Bonchev–Trinajstić information content (AvgIpc) is 2.68. The quantitative estimate of drug-likeness (QED) is 0.416. The summed E-state index contributed by atoms with van der Waals surface area (Å²) >= 11 is 6.26. The molecule has 0 spiro atoms. The molecule has 152 valence electrons. The van der Waals surface area contributed by atoms with Crippen LogP contribution in [-0.2, 0) is 0 Å². The standard InChI is InChI=1S/C24H19ClN2O2.HI/c1-14-11-15(2)13-27(12-14)22-21(26-20-10-6-9-19(25)16(20)3)23(28)17-7-4-5-8-18(17)24(22)29;/h4-13H,1-3H3;1H. The molecule has 0 bridgehead atoms. The molecule has 0 saturated carbocycles. The van der Waals surface area contributed by atoms with Gasteiger partial charge in [-0.15, -0.1) is 0 Å². The van der Waals surface area contributed by atoms with Gasteiger partial charge in [0.05, 0.1) is 0 Å². The summed E-state index contributed by atoms with van der Waals surface area (Å²) in [7, 11) is 0. The molecule has 0 atom stereocenters. The Morgan fingerprint density at radius 3 is 2.07 bits per heavy atom. The Balaban J connectivity index is 0.00000256. The monoisotopic (exact) mass is 530 g/mol. The smallest absolute Gasteiger partial charge is 0.286 e. The van der Waals surface area contributed by atoms with Crippen molar-refractivity contribution in [3.63, 3.8) is 0 Å². The van der Waals surface area contributed by atoms with E-state index in [0.717, 1.165) is 16.7 Å². The topological polar surface area (TPSA) is 50.1 Å². The Morgan fingerprint density at radius 2 is 1.43 bits per heavy atom. The molecule has 0 saturated heterocycles. The van der Waals surface area contributed by atoms with Crippen LogP contribution in [0, 0.1) is 20.8 Å². The van der Waals surface area contributed by atoms with E-state index in [0.29, 0.717) is 27.5 Å². The number of fused-ring (bicyclic) bond motifs is 1. The van der Waals surface area contributed by atoms with Gasteiger partial charge in [-0.2, -0.15) is 4.57 Å². The normalized spacial score (nSPS) is 13.1. The van der Waals surface area contributed by atoms with Gasteiger partial charge in [-0.3, -0.25) is 9.59 Å². The van der Waals surface area contributed by atoms with Crippen LogP contribution in [0.5, 0.6) is 0 Å². The van der Waals surface area contributed by atoms with Gasteiger partial charge in [-0.05, 0) is 44.5 Å². The summed E-state index contributed by atoms with van der Waals surface area (Å²) in [5, 5.41) is 3.79.